The van der Waals surface area contributed by atoms with E-state index in [-0.39, 0.29) is 6.42 Å². The lowest BCUT2D eigenvalue weighted by Crippen LogP contribution is -2.10. The van der Waals surface area contributed by atoms with Crippen molar-refractivity contribution in [3.63, 3.8) is 0 Å². The SMILES string of the molecule is C=CCC(O)Cc1cccc(C(F)(F)F)c1. The smallest absolute Gasteiger partial charge is 0.392 e. The summed E-state index contributed by atoms with van der Waals surface area (Å²) >= 11 is 0. The molecule has 0 bridgehead atoms. The van der Waals surface area contributed by atoms with Crippen molar-refractivity contribution in [1.82, 2.24) is 0 Å². The Balaban J connectivity index is 2.79. The van der Waals surface area contributed by atoms with Crippen LogP contribution in [0.15, 0.2) is 36.9 Å². The highest BCUT2D eigenvalue weighted by Crippen LogP contribution is 2.29. The molecule has 1 N–H and O–H groups in total. The monoisotopic (exact) mass is 230 g/mol. The zero-order valence-electron chi connectivity index (χ0n) is 8.67. The molecule has 4 heteroatoms. The first-order valence-electron chi connectivity index (χ1n) is 4.88. The molecule has 16 heavy (non-hydrogen) atoms. The van der Waals surface area contributed by atoms with Crippen LogP contribution in [0.5, 0.6) is 0 Å². The number of hydrogen-bond donors (Lipinski definition) is 1. The van der Waals surface area contributed by atoms with Gasteiger partial charge in [0.25, 0.3) is 0 Å². The third kappa shape index (κ3) is 3.70. The molecule has 0 aromatic heterocycles. The van der Waals surface area contributed by atoms with E-state index in [1.807, 2.05) is 0 Å². The van der Waals surface area contributed by atoms with Gasteiger partial charge in [0.15, 0.2) is 0 Å². The quantitative estimate of drug-likeness (QED) is 0.787. The van der Waals surface area contributed by atoms with E-state index in [0.717, 1.165) is 12.1 Å². The fourth-order valence-electron chi connectivity index (χ4n) is 1.42. The molecule has 0 spiro atoms. The Hall–Kier alpha value is -1.29. The van der Waals surface area contributed by atoms with Crippen molar-refractivity contribution in [3.8, 4) is 0 Å². The minimum atomic E-state index is -4.33. The molecule has 0 fully saturated rings. The summed E-state index contributed by atoms with van der Waals surface area (Å²) in [5.74, 6) is 0. The molecule has 0 aliphatic heterocycles. The van der Waals surface area contributed by atoms with Gasteiger partial charge in [0.05, 0.1) is 11.7 Å². The molecule has 88 valence electrons. The van der Waals surface area contributed by atoms with Crippen LogP contribution < -0.4 is 0 Å². The van der Waals surface area contributed by atoms with Gasteiger partial charge in [0.2, 0.25) is 0 Å². The zero-order chi connectivity index (χ0) is 12.2. The summed E-state index contributed by atoms with van der Waals surface area (Å²) in [5.41, 5.74) is -0.208. The Bertz CT molecular complexity index is 358. The zero-order valence-corrected chi connectivity index (χ0v) is 8.67. The molecule has 1 atom stereocenters. The van der Waals surface area contributed by atoms with Crippen molar-refractivity contribution < 1.29 is 18.3 Å². The molecule has 0 aliphatic rings. The van der Waals surface area contributed by atoms with Gasteiger partial charge >= 0.3 is 6.18 Å². The lowest BCUT2D eigenvalue weighted by molar-refractivity contribution is -0.137. The summed E-state index contributed by atoms with van der Waals surface area (Å²) in [4.78, 5) is 0. The highest BCUT2D eigenvalue weighted by molar-refractivity contribution is 5.26. The number of aliphatic hydroxyl groups is 1. The topological polar surface area (TPSA) is 20.2 Å². The van der Waals surface area contributed by atoms with Crippen LogP contribution in [0.1, 0.15) is 17.5 Å². The lowest BCUT2D eigenvalue weighted by Gasteiger charge is -2.11. The molecule has 0 saturated heterocycles. The predicted molar refractivity (Wildman–Crippen MR) is 56.0 cm³/mol. The summed E-state index contributed by atoms with van der Waals surface area (Å²) < 4.78 is 37.1. The van der Waals surface area contributed by atoms with Crippen LogP contribution in [0.2, 0.25) is 0 Å². The molecule has 0 radical (unpaired) electrons. The van der Waals surface area contributed by atoms with E-state index in [4.69, 9.17) is 0 Å². The van der Waals surface area contributed by atoms with Gasteiger partial charge in [-0.15, -0.1) is 6.58 Å². The molecule has 0 heterocycles. The first kappa shape index (κ1) is 12.8. The Labute approximate surface area is 92.2 Å². The van der Waals surface area contributed by atoms with Gasteiger partial charge in [-0.2, -0.15) is 13.2 Å². The summed E-state index contributed by atoms with van der Waals surface area (Å²) in [6, 6.07) is 5.00. The van der Waals surface area contributed by atoms with Gasteiger partial charge in [-0.25, -0.2) is 0 Å². The van der Waals surface area contributed by atoms with E-state index >= 15 is 0 Å². The maximum absolute atomic E-state index is 12.4. The van der Waals surface area contributed by atoms with Crippen LogP contribution in [0.25, 0.3) is 0 Å². The summed E-state index contributed by atoms with van der Waals surface area (Å²) in [5, 5.41) is 9.44. The van der Waals surface area contributed by atoms with Crippen LogP contribution >= 0.6 is 0 Å². The lowest BCUT2D eigenvalue weighted by atomic mass is 10.0. The Morgan fingerprint density at radius 2 is 2.06 bits per heavy atom. The summed E-state index contributed by atoms with van der Waals surface area (Å²) in [6.45, 7) is 3.46. The fraction of sp³-hybridized carbons (Fsp3) is 0.333. The molecule has 1 nitrogen and oxygen atoms in total. The summed E-state index contributed by atoms with van der Waals surface area (Å²) in [7, 11) is 0. The van der Waals surface area contributed by atoms with Crippen molar-refractivity contribution in [2.75, 3.05) is 0 Å². The van der Waals surface area contributed by atoms with Crippen LogP contribution in [0, 0.1) is 0 Å². The van der Waals surface area contributed by atoms with Gasteiger partial charge in [-0.05, 0) is 24.5 Å². The molecule has 1 aromatic carbocycles. The van der Waals surface area contributed by atoms with Gasteiger partial charge in [-0.1, -0.05) is 24.3 Å². The average Bonchev–Trinajstić information content (AvgIpc) is 2.17. The minimum absolute atomic E-state index is 0.204. The van der Waals surface area contributed by atoms with Gasteiger partial charge < -0.3 is 5.11 Å². The second-order valence-corrected chi connectivity index (χ2v) is 3.58. The Morgan fingerprint density at radius 1 is 1.38 bits per heavy atom. The Morgan fingerprint density at radius 3 is 2.62 bits per heavy atom. The molecular weight excluding hydrogens is 217 g/mol. The van der Waals surface area contributed by atoms with E-state index in [0.29, 0.717) is 12.0 Å². The van der Waals surface area contributed by atoms with Crippen LogP contribution in [0.4, 0.5) is 13.2 Å². The van der Waals surface area contributed by atoms with Crippen molar-refractivity contribution in [2.24, 2.45) is 0 Å². The maximum Gasteiger partial charge on any atom is 0.416 e. The number of alkyl halides is 3. The predicted octanol–water partition coefficient (Wildman–Crippen LogP) is 3.18. The highest BCUT2D eigenvalue weighted by atomic mass is 19.4. The largest absolute Gasteiger partial charge is 0.416 e. The standard InChI is InChI=1S/C12H13F3O/c1-2-4-11(16)8-9-5-3-6-10(7-9)12(13,14)15/h2-3,5-7,11,16H,1,4,8H2. The molecule has 1 aromatic rings. The van der Waals surface area contributed by atoms with E-state index in [9.17, 15) is 18.3 Å². The van der Waals surface area contributed by atoms with Crippen molar-refractivity contribution in [3.05, 3.63) is 48.0 Å². The maximum atomic E-state index is 12.4. The van der Waals surface area contributed by atoms with Crippen molar-refractivity contribution in [1.29, 1.82) is 0 Å². The van der Waals surface area contributed by atoms with Crippen molar-refractivity contribution in [2.45, 2.75) is 25.1 Å². The van der Waals surface area contributed by atoms with Crippen molar-refractivity contribution >= 4 is 0 Å². The van der Waals surface area contributed by atoms with E-state index < -0.39 is 17.8 Å². The van der Waals surface area contributed by atoms with Gasteiger partial charge in [-0.3, -0.25) is 0 Å². The molecule has 1 unspecified atom stereocenters. The third-order valence-corrected chi connectivity index (χ3v) is 2.16. The first-order chi connectivity index (χ1) is 7.43. The Kier molecular flexibility index (Phi) is 4.12. The average molecular weight is 230 g/mol. The number of halogens is 3. The molecule has 0 amide bonds. The number of rotatable bonds is 4. The van der Waals surface area contributed by atoms with Crippen LogP contribution in [-0.2, 0) is 12.6 Å². The van der Waals surface area contributed by atoms with E-state index in [1.54, 1.807) is 6.07 Å². The number of aliphatic hydroxyl groups excluding tert-OH is 1. The number of benzene rings is 1. The first-order valence-corrected chi connectivity index (χ1v) is 4.88. The normalized spacial score (nSPS) is 13.5. The van der Waals surface area contributed by atoms with Crippen LogP contribution in [0.3, 0.4) is 0 Å². The van der Waals surface area contributed by atoms with Crippen LogP contribution in [-0.4, -0.2) is 11.2 Å². The minimum Gasteiger partial charge on any atom is -0.392 e. The summed E-state index contributed by atoms with van der Waals surface area (Å²) in [6.07, 6.45) is -2.90. The number of hydrogen-bond acceptors (Lipinski definition) is 1. The molecular formula is C12H13F3O. The second kappa shape index (κ2) is 5.16. The van der Waals surface area contributed by atoms with Gasteiger partial charge in [0, 0.05) is 0 Å². The molecule has 0 saturated carbocycles. The van der Waals surface area contributed by atoms with E-state index in [1.165, 1.54) is 12.1 Å². The molecule has 0 aliphatic carbocycles. The van der Waals surface area contributed by atoms with E-state index in [2.05, 4.69) is 6.58 Å². The van der Waals surface area contributed by atoms with Gasteiger partial charge in [0.1, 0.15) is 0 Å². The fourth-order valence-corrected chi connectivity index (χ4v) is 1.42. The third-order valence-electron chi connectivity index (χ3n) is 2.16. The molecule has 1 rings (SSSR count). The second-order valence-electron chi connectivity index (χ2n) is 3.58. The highest BCUT2D eigenvalue weighted by Gasteiger charge is 2.30.